The lowest BCUT2D eigenvalue weighted by Gasteiger charge is -2.11. The molecule has 8 heteroatoms. The Bertz CT molecular complexity index is 665. The molecule has 2 rings (SSSR count). The van der Waals surface area contributed by atoms with E-state index in [2.05, 4.69) is 10.4 Å². The molecule has 0 aliphatic carbocycles. The molecule has 0 saturated carbocycles. The van der Waals surface area contributed by atoms with Crippen molar-refractivity contribution >= 4 is 0 Å². The first kappa shape index (κ1) is 14.2. The van der Waals surface area contributed by atoms with Gasteiger partial charge in [-0.2, -0.15) is 9.36 Å². The highest BCUT2D eigenvalue weighted by Crippen LogP contribution is 2.25. The molecule has 0 fully saturated rings. The Morgan fingerprint density at radius 1 is 1.40 bits per heavy atom. The molecule has 1 aromatic heterocycles. The molecule has 108 valence electrons. The molecule has 0 amide bonds. The van der Waals surface area contributed by atoms with Gasteiger partial charge < -0.3 is 9.84 Å². The largest absolute Gasteiger partial charge is 0.489 e. The lowest BCUT2D eigenvalue weighted by Crippen LogP contribution is -2.23. The highest BCUT2D eigenvalue weighted by Gasteiger charge is 2.16. The van der Waals surface area contributed by atoms with Crippen molar-refractivity contribution in [3.8, 4) is 11.4 Å². The first-order valence-corrected chi connectivity index (χ1v) is 6.14. The zero-order valence-electron chi connectivity index (χ0n) is 11.2. The van der Waals surface area contributed by atoms with Gasteiger partial charge in [-0.3, -0.25) is 0 Å². The highest BCUT2D eigenvalue weighted by molar-refractivity contribution is 5.49. The Kier molecular flexibility index (Phi) is 4.14. The minimum atomic E-state index is -0.465. The summed E-state index contributed by atoms with van der Waals surface area (Å²) in [4.78, 5) is 11.9. The van der Waals surface area contributed by atoms with E-state index < -0.39 is 11.5 Å². The zero-order chi connectivity index (χ0) is 14.7. The number of rotatable bonds is 5. The number of hydrogen-bond acceptors (Lipinski definition) is 5. The van der Waals surface area contributed by atoms with Gasteiger partial charge in [-0.1, -0.05) is 6.92 Å². The molecule has 0 radical (unpaired) electrons. The maximum Gasteiger partial charge on any atom is 0.368 e. The van der Waals surface area contributed by atoms with Gasteiger partial charge in [0, 0.05) is 13.1 Å². The fourth-order valence-electron chi connectivity index (χ4n) is 1.76. The summed E-state index contributed by atoms with van der Waals surface area (Å²) in [6.07, 6.45) is 0.466. The minimum Gasteiger partial charge on any atom is -0.489 e. The van der Waals surface area contributed by atoms with E-state index in [1.807, 2.05) is 0 Å². The number of hydrogen-bond donors (Lipinski definition) is 1. The smallest absolute Gasteiger partial charge is 0.368 e. The van der Waals surface area contributed by atoms with Crippen LogP contribution in [-0.2, 0) is 13.5 Å². The summed E-state index contributed by atoms with van der Waals surface area (Å²) in [5, 5.41) is 16.1. The number of aromatic nitrogens is 4. The third kappa shape index (κ3) is 2.55. The summed E-state index contributed by atoms with van der Waals surface area (Å²) in [5.41, 5.74) is 0.274. The Morgan fingerprint density at radius 3 is 2.70 bits per heavy atom. The average Bonchev–Trinajstić information content (AvgIpc) is 2.77. The van der Waals surface area contributed by atoms with Gasteiger partial charge in [-0.05, 0) is 28.5 Å². The number of halogens is 1. The van der Waals surface area contributed by atoms with Crippen molar-refractivity contribution < 1.29 is 14.2 Å². The first-order chi connectivity index (χ1) is 9.58. The Labute approximate surface area is 114 Å². The predicted octanol–water partition coefficient (Wildman–Crippen LogP) is 0.0386. The SMILES string of the molecule is CCc1cc(-n2nnn(C)c2=O)c(OCCO)cc1F. The van der Waals surface area contributed by atoms with Gasteiger partial charge in [0.05, 0.1) is 6.61 Å². The van der Waals surface area contributed by atoms with Gasteiger partial charge >= 0.3 is 5.69 Å². The number of aliphatic hydroxyl groups excluding tert-OH is 1. The van der Waals surface area contributed by atoms with Crippen molar-refractivity contribution in [2.75, 3.05) is 13.2 Å². The fraction of sp³-hybridized carbons (Fsp3) is 0.417. The number of nitrogens with zero attached hydrogens (tertiary/aromatic N) is 4. The van der Waals surface area contributed by atoms with Crippen LogP contribution in [0.3, 0.4) is 0 Å². The predicted molar refractivity (Wildman–Crippen MR) is 68.5 cm³/mol. The minimum absolute atomic E-state index is 0.00702. The molecule has 1 N–H and O–H groups in total. The number of ether oxygens (including phenoxy) is 1. The zero-order valence-corrected chi connectivity index (χ0v) is 11.2. The van der Waals surface area contributed by atoms with Crippen molar-refractivity contribution in [2.45, 2.75) is 13.3 Å². The second kappa shape index (κ2) is 5.83. The summed E-state index contributed by atoms with van der Waals surface area (Å²) in [7, 11) is 1.46. The van der Waals surface area contributed by atoms with E-state index >= 15 is 0 Å². The summed E-state index contributed by atoms with van der Waals surface area (Å²) >= 11 is 0. The van der Waals surface area contributed by atoms with Crippen LogP contribution in [0.2, 0.25) is 0 Å². The Hall–Kier alpha value is -2.22. The van der Waals surface area contributed by atoms with E-state index in [1.54, 1.807) is 6.92 Å². The number of aryl methyl sites for hydroxylation is 2. The van der Waals surface area contributed by atoms with E-state index in [4.69, 9.17) is 9.84 Å². The molecule has 1 aromatic carbocycles. The third-order valence-electron chi connectivity index (χ3n) is 2.81. The number of aliphatic hydroxyl groups is 1. The Morgan fingerprint density at radius 2 is 2.15 bits per heavy atom. The molecule has 2 aromatic rings. The first-order valence-electron chi connectivity index (χ1n) is 6.14. The summed E-state index contributed by atoms with van der Waals surface area (Å²) in [5.74, 6) is -0.294. The van der Waals surface area contributed by atoms with Crippen LogP contribution in [0.5, 0.6) is 5.75 Å². The van der Waals surface area contributed by atoms with Gasteiger partial charge in [0.1, 0.15) is 23.9 Å². The monoisotopic (exact) mass is 282 g/mol. The topological polar surface area (TPSA) is 82.2 Å². The molecule has 1 heterocycles. The van der Waals surface area contributed by atoms with E-state index in [-0.39, 0.29) is 19.0 Å². The molecule has 0 bridgehead atoms. The molecule has 20 heavy (non-hydrogen) atoms. The van der Waals surface area contributed by atoms with E-state index in [0.29, 0.717) is 17.7 Å². The van der Waals surface area contributed by atoms with E-state index in [9.17, 15) is 9.18 Å². The lowest BCUT2D eigenvalue weighted by atomic mass is 10.1. The van der Waals surface area contributed by atoms with Crippen molar-refractivity contribution in [3.63, 3.8) is 0 Å². The van der Waals surface area contributed by atoms with Crippen LogP contribution in [0.25, 0.3) is 5.69 Å². The molecule has 0 unspecified atom stereocenters. The number of tetrazole rings is 1. The summed E-state index contributed by atoms with van der Waals surface area (Å²) < 4.78 is 21.2. The maximum atomic E-state index is 13.8. The van der Waals surface area contributed by atoms with Gasteiger partial charge in [0.15, 0.2) is 0 Å². The van der Waals surface area contributed by atoms with E-state index in [0.717, 1.165) is 9.36 Å². The van der Waals surface area contributed by atoms with Crippen LogP contribution in [-0.4, -0.2) is 38.1 Å². The van der Waals surface area contributed by atoms with Crippen LogP contribution in [0.4, 0.5) is 4.39 Å². The average molecular weight is 282 g/mol. The third-order valence-corrected chi connectivity index (χ3v) is 2.81. The highest BCUT2D eigenvalue weighted by atomic mass is 19.1. The maximum absolute atomic E-state index is 13.8. The number of benzene rings is 1. The molecular formula is C12H15FN4O3. The van der Waals surface area contributed by atoms with Crippen LogP contribution in [0.1, 0.15) is 12.5 Å². The van der Waals surface area contributed by atoms with Crippen LogP contribution < -0.4 is 10.4 Å². The molecule has 0 aliphatic rings. The second-order valence-electron chi connectivity index (χ2n) is 4.13. The van der Waals surface area contributed by atoms with Crippen LogP contribution in [0, 0.1) is 5.82 Å². The standard InChI is InChI=1S/C12H15FN4O3/c1-3-8-6-10(17-12(19)16(2)14-15-17)11(7-9(8)13)20-5-4-18/h6-7,18H,3-5H2,1-2H3. The normalized spacial score (nSPS) is 10.8. The molecule has 0 saturated heterocycles. The van der Waals surface area contributed by atoms with Gasteiger partial charge in [0.2, 0.25) is 0 Å². The second-order valence-corrected chi connectivity index (χ2v) is 4.13. The van der Waals surface area contributed by atoms with Gasteiger partial charge in [0.25, 0.3) is 0 Å². The van der Waals surface area contributed by atoms with E-state index in [1.165, 1.54) is 19.2 Å². The van der Waals surface area contributed by atoms with Crippen molar-refractivity contribution in [1.29, 1.82) is 0 Å². The van der Waals surface area contributed by atoms with Crippen molar-refractivity contribution in [3.05, 3.63) is 34.0 Å². The summed E-state index contributed by atoms with van der Waals surface area (Å²) in [6, 6.07) is 2.68. The molecule has 0 atom stereocenters. The Balaban J connectivity index is 2.59. The van der Waals surface area contributed by atoms with Gasteiger partial charge in [-0.15, -0.1) is 0 Å². The van der Waals surface area contributed by atoms with Crippen molar-refractivity contribution in [1.82, 2.24) is 19.8 Å². The molecule has 7 nitrogen and oxygen atoms in total. The molecule has 0 aliphatic heterocycles. The summed E-state index contributed by atoms with van der Waals surface area (Å²) in [6.45, 7) is 1.58. The van der Waals surface area contributed by atoms with Crippen molar-refractivity contribution in [2.24, 2.45) is 7.05 Å². The fourth-order valence-corrected chi connectivity index (χ4v) is 1.76. The quantitative estimate of drug-likeness (QED) is 0.837. The molecule has 0 spiro atoms. The molecular weight excluding hydrogens is 267 g/mol. The lowest BCUT2D eigenvalue weighted by molar-refractivity contribution is 0.200. The van der Waals surface area contributed by atoms with Gasteiger partial charge in [-0.25, -0.2) is 9.18 Å². The van der Waals surface area contributed by atoms with Crippen LogP contribution in [0.15, 0.2) is 16.9 Å². The van der Waals surface area contributed by atoms with Crippen LogP contribution >= 0.6 is 0 Å².